The molecule has 134 valence electrons. The number of nitrogens with zero attached hydrogens (tertiary/aromatic N) is 3. The van der Waals surface area contributed by atoms with Gasteiger partial charge >= 0.3 is 5.69 Å². The number of carbonyl (C=O) groups excluding carboxylic acids is 1. The van der Waals surface area contributed by atoms with Gasteiger partial charge in [-0.1, -0.05) is 24.3 Å². The van der Waals surface area contributed by atoms with Crippen molar-refractivity contribution in [2.24, 2.45) is 0 Å². The van der Waals surface area contributed by atoms with Crippen molar-refractivity contribution in [3.05, 3.63) is 89.5 Å². The van der Waals surface area contributed by atoms with Gasteiger partial charge in [0, 0.05) is 23.3 Å². The first kappa shape index (κ1) is 16.6. The molecule has 0 atom stereocenters. The van der Waals surface area contributed by atoms with Gasteiger partial charge in [0.25, 0.3) is 0 Å². The van der Waals surface area contributed by atoms with E-state index in [-0.39, 0.29) is 18.1 Å². The number of benzene rings is 2. The molecule has 2 aromatic heterocycles. The van der Waals surface area contributed by atoms with Gasteiger partial charge in [-0.25, -0.2) is 9.48 Å². The Morgan fingerprint density at radius 2 is 1.52 bits per heavy atom. The number of para-hydroxylation sites is 1. The molecule has 4 aromatic rings. The summed E-state index contributed by atoms with van der Waals surface area (Å²) in [5, 5.41) is 10.2. The average Bonchev–Trinajstić information content (AvgIpc) is 3.00. The molecule has 0 saturated carbocycles. The summed E-state index contributed by atoms with van der Waals surface area (Å²) < 4.78 is 2.55. The number of carbonyl (C=O) groups is 1. The third kappa shape index (κ3) is 3.72. The third-order valence-electron chi connectivity index (χ3n) is 4.01. The van der Waals surface area contributed by atoms with E-state index in [1.54, 1.807) is 36.5 Å². The molecule has 0 aliphatic rings. The molecule has 2 aromatic carbocycles. The molecule has 7 heteroatoms. The molecule has 0 aliphatic heterocycles. The van der Waals surface area contributed by atoms with E-state index in [0.717, 1.165) is 16.1 Å². The molecule has 0 unspecified atom stereocenters. The molecular weight excluding hydrogens is 342 g/mol. The van der Waals surface area contributed by atoms with Gasteiger partial charge in [0.15, 0.2) is 5.65 Å². The summed E-state index contributed by atoms with van der Waals surface area (Å²) in [5.41, 5.74) is 2.71. The van der Waals surface area contributed by atoms with Crippen molar-refractivity contribution in [1.82, 2.24) is 14.2 Å². The second kappa shape index (κ2) is 7.17. The summed E-state index contributed by atoms with van der Waals surface area (Å²) in [7, 11) is 0. The molecule has 0 spiro atoms. The number of rotatable bonds is 5. The lowest BCUT2D eigenvalue weighted by molar-refractivity contribution is -0.117. The highest BCUT2D eigenvalue weighted by molar-refractivity contribution is 5.90. The van der Waals surface area contributed by atoms with Crippen LogP contribution in [0.1, 0.15) is 0 Å². The van der Waals surface area contributed by atoms with Gasteiger partial charge in [0.1, 0.15) is 6.54 Å². The maximum atomic E-state index is 12.3. The Kier molecular flexibility index (Phi) is 4.40. The van der Waals surface area contributed by atoms with Crippen LogP contribution in [0, 0.1) is 0 Å². The fraction of sp³-hybridized carbons (Fsp3) is 0.0500. The number of hydrogen-bond acceptors (Lipinski definition) is 4. The monoisotopic (exact) mass is 359 g/mol. The highest BCUT2D eigenvalue weighted by Crippen LogP contribution is 2.18. The van der Waals surface area contributed by atoms with Crippen molar-refractivity contribution in [2.45, 2.75) is 6.54 Å². The Morgan fingerprint density at radius 3 is 2.26 bits per heavy atom. The van der Waals surface area contributed by atoms with Crippen molar-refractivity contribution in [3.8, 4) is 0 Å². The van der Waals surface area contributed by atoms with Crippen LogP contribution in [0.2, 0.25) is 0 Å². The predicted octanol–water partition coefficient (Wildman–Crippen LogP) is 2.88. The largest absolute Gasteiger partial charge is 0.356 e. The molecule has 0 bridgehead atoms. The first-order valence-corrected chi connectivity index (χ1v) is 8.45. The van der Waals surface area contributed by atoms with Crippen LogP contribution in [-0.2, 0) is 11.3 Å². The molecule has 1 amide bonds. The molecule has 0 saturated heterocycles. The SMILES string of the molecule is O=C(Cn1nc2ccccn2c1=O)Nc1ccc(Nc2ccccc2)cc1. The Labute approximate surface area is 154 Å². The van der Waals surface area contributed by atoms with Crippen molar-refractivity contribution in [3.63, 3.8) is 0 Å². The van der Waals surface area contributed by atoms with Crippen LogP contribution in [0.4, 0.5) is 17.1 Å². The second-order valence-corrected chi connectivity index (χ2v) is 5.99. The molecule has 2 N–H and O–H groups in total. The lowest BCUT2D eigenvalue weighted by atomic mass is 10.2. The number of hydrogen-bond donors (Lipinski definition) is 2. The minimum Gasteiger partial charge on any atom is -0.356 e. The van der Waals surface area contributed by atoms with E-state index in [1.807, 2.05) is 42.5 Å². The molecular formula is C20H17N5O2. The molecule has 0 aliphatic carbocycles. The van der Waals surface area contributed by atoms with Crippen molar-refractivity contribution >= 4 is 28.6 Å². The van der Waals surface area contributed by atoms with E-state index in [1.165, 1.54) is 4.40 Å². The van der Waals surface area contributed by atoms with E-state index in [0.29, 0.717) is 11.3 Å². The zero-order valence-corrected chi connectivity index (χ0v) is 14.4. The maximum Gasteiger partial charge on any atom is 0.350 e. The van der Waals surface area contributed by atoms with Gasteiger partial charge in [-0.2, -0.15) is 0 Å². The van der Waals surface area contributed by atoms with Crippen LogP contribution in [0.15, 0.2) is 83.8 Å². The molecule has 4 rings (SSSR count). The zero-order valence-electron chi connectivity index (χ0n) is 14.4. The smallest absolute Gasteiger partial charge is 0.350 e. The van der Waals surface area contributed by atoms with E-state index >= 15 is 0 Å². The number of pyridine rings is 1. The quantitative estimate of drug-likeness (QED) is 0.574. The number of anilines is 3. The normalized spacial score (nSPS) is 10.7. The van der Waals surface area contributed by atoms with E-state index in [2.05, 4.69) is 15.7 Å². The van der Waals surface area contributed by atoms with Gasteiger partial charge in [-0.3, -0.25) is 9.20 Å². The first-order chi connectivity index (χ1) is 13.2. The number of fused-ring (bicyclic) bond motifs is 1. The first-order valence-electron chi connectivity index (χ1n) is 8.45. The van der Waals surface area contributed by atoms with Crippen LogP contribution in [0.5, 0.6) is 0 Å². The van der Waals surface area contributed by atoms with Crippen molar-refractivity contribution in [2.75, 3.05) is 10.6 Å². The third-order valence-corrected chi connectivity index (χ3v) is 4.01. The van der Waals surface area contributed by atoms with Crippen LogP contribution in [0.25, 0.3) is 5.65 Å². The van der Waals surface area contributed by atoms with Crippen LogP contribution in [-0.4, -0.2) is 20.1 Å². The summed E-state index contributed by atoms with van der Waals surface area (Å²) in [4.78, 5) is 24.5. The lowest BCUT2D eigenvalue weighted by Gasteiger charge is -2.08. The fourth-order valence-electron chi connectivity index (χ4n) is 2.73. The van der Waals surface area contributed by atoms with Crippen molar-refractivity contribution in [1.29, 1.82) is 0 Å². The standard InChI is InChI=1S/C20H17N5O2/c26-19(14-25-20(27)24-13-5-4-8-18(24)23-25)22-17-11-9-16(10-12-17)21-15-6-2-1-3-7-15/h1-13,21H,14H2,(H,22,26). The topological polar surface area (TPSA) is 80.4 Å². The van der Waals surface area contributed by atoms with Gasteiger partial charge in [0.05, 0.1) is 0 Å². The van der Waals surface area contributed by atoms with Gasteiger partial charge < -0.3 is 10.6 Å². The van der Waals surface area contributed by atoms with Gasteiger partial charge in [-0.05, 0) is 48.5 Å². The minimum atomic E-state index is -0.344. The molecule has 2 heterocycles. The molecule has 27 heavy (non-hydrogen) atoms. The number of aromatic nitrogens is 3. The predicted molar refractivity (Wildman–Crippen MR) is 104 cm³/mol. The number of amides is 1. The van der Waals surface area contributed by atoms with Crippen molar-refractivity contribution < 1.29 is 4.79 Å². The Hall–Kier alpha value is -3.87. The summed E-state index contributed by atoms with van der Waals surface area (Å²) in [6, 6.07) is 22.4. The average molecular weight is 359 g/mol. The van der Waals surface area contributed by atoms with Crippen LogP contribution in [0.3, 0.4) is 0 Å². The van der Waals surface area contributed by atoms with E-state index in [4.69, 9.17) is 0 Å². The van der Waals surface area contributed by atoms with Crippen LogP contribution >= 0.6 is 0 Å². The van der Waals surface area contributed by atoms with E-state index in [9.17, 15) is 9.59 Å². The van der Waals surface area contributed by atoms with Gasteiger partial charge in [-0.15, -0.1) is 5.10 Å². The second-order valence-electron chi connectivity index (χ2n) is 5.99. The van der Waals surface area contributed by atoms with Gasteiger partial charge in [0.2, 0.25) is 5.91 Å². The summed E-state index contributed by atoms with van der Waals surface area (Å²) in [5.74, 6) is -0.315. The fourth-order valence-corrected chi connectivity index (χ4v) is 2.73. The lowest BCUT2D eigenvalue weighted by Crippen LogP contribution is -2.28. The Balaban J connectivity index is 1.42. The summed E-state index contributed by atoms with van der Waals surface area (Å²) in [6.07, 6.45) is 1.62. The summed E-state index contributed by atoms with van der Waals surface area (Å²) in [6.45, 7) is -0.148. The molecule has 0 fully saturated rings. The van der Waals surface area contributed by atoms with Crippen LogP contribution < -0.4 is 16.3 Å². The highest BCUT2D eigenvalue weighted by Gasteiger charge is 2.10. The van der Waals surface area contributed by atoms with E-state index < -0.39 is 0 Å². The Bertz CT molecular complexity index is 1130. The zero-order chi connectivity index (χ0) is 18.6. The molecule has 7 nitrogen and oxygen atoms in total. The maximum absolute atomic E-state index is 12.3. The summed E-state index contributed by atoms with van der Waals surface area (Å²) >= 11 is 0. The highest BCUT2D eigenvalue weighted by atomic mass is 16.2. The number of nitrogens with one attached hydrogen (secondary N) is 2. The Morgan fingerprint density at radius 1 is 0.852 bits per heavy atom. The minimum absolute atomic E-state index is 0.148. The molecule has 0 radical (unpaired) electrons.